The number of aliphatic hydroxyl groups excluding tert-OH is 1. The molecular formula is C14H19N3O2. The first-order valence-electron chi connectivity index (χ1n) is 6.36. The van der Waals surface area contributed by atoms with Gasteiger partial charge in [-0.1, -0.05) is 6.07 Å². The normalized spacial score (nSPS) is 12.4. The summed E-state index contributed by atoms with van der Waals surface area (Å²) in [6.07, 6.45) is -0.161. The topological polar surface area (TPSA) is 60.2 Å². The predicted molar refractivity (Wildman–Crippen MR) is 72.1 cm³/mol. The second-order valence-electron chi connectivity index (χ2n) is 4.42. The van der Waals surface area contributed by atoms with Gasteiger partial charge in [-0.25, -0.2) is 4.98 Å². The molecule has 0 aliphatic carbocycles. The number of pyridine rings is 1. The smallest absolute Gasteiger partial charge is 0.213 e. The van der Waals surface area contributed by atoms with Crippen LogP contribution in [0.3, 0.4) is 0 Å². The Kier molecular flexibility index (Phi) is 4.16. The van der Waals surface area contributed by atoms with Crippen LogP contribution in [0.2, 0.25) is 0 Å². The highest BCUT2D eigenvalue weighted by molar-refractivity contribution is 5.19. The molecule has 0 saturated carbocycles. The zero-order valence-corrected chi connectivity index (χ0v) is 11.5. The molecule has 2 aromatic heterocycles. The fourth-order valence-electron chi connectivity index (χ4n) is 2.07. The minimum absolute atomic E-state index is 0.495. The van der Waals surface area contributed by atoms with Crippen molar-refractivity contribution in [3.8, 4) is 5.88 Å². The number of aliphatic hydroxyl groups is 1. The van der Waals surface area contributed by atoms with Crippen molar-refractivity contribution in [1.29, 1.82) is 0 Å². The standard InChI is InChI=1S/C14H19N3O2/c1-4-17-11(8-10(2)16-17)9-13(18)12-6-5-7-14(15-12)19-3/h5-8,13,18H,4,9H2,1-3H3. The van der Waals surface area contributed by atoms with Gasteiger partial charge < -0.3 is 9.84 Å². The summed E-state index contributed by atoms with van der Waals surface area (Å²) in [5.74, 6) is 0.511. The largest absolute Gasteiger partial charge is 0.481 e. The van der Waals surface area contributed by atoms with Gasteiger partial charge in [-0.15, -0.1) is 0 Å². The van der Waals surface area contributed by atoms with Crippen molar-refractivity contribution < 1.29 is 9.84 Å². The molecule has 5 nitrogen and oxygen atoms in total. The first-order chi connectivity index (χ1) is 9.13. The molecule has 0 amide bonds. The molecule has 19 heavy (non-hydrogen) atoms. The van der Waals surface area contributed by atoms with E-state index in [2.05, 4.69) is 10.1 Å². The lowest BCUT2D eigenvalue weighted by Gasteiger charge is -2.12. The quantitative estimate of drug-likeness (QED) is 0.893. The summed E-state index contributed by atoms with van der Waals surface area (Å²) >= 11 is 0. The van der Waals surface area contributed by atoms with Crippen LogP contribution in [0.1, 0.15) is 30.1 Å². The number of rotatable bonds is 5. The van der Waals surface area contributed by atoms with Crippen LogP contribution in [-0.4, -0.2) is 27.0 Å². The van der Waals surface area contributed by atoms with Gasteiger partial charge in [0.2, 0.25) is 5.88 Å². The fraction of sp³-hybridized carbons (Fsp3) is 0.429. The van der Waals surface area contributed by atoms with Crippen LogP contribution < -0.4 is 4.74 Å². The van der Waals surface area contributed by atoms with Gasteiger partial charge in [0.25, 0.3) is 0 Å². The average molecular weight is 261 g/mol. The molecule has 0 aliphatic rings. The van der Waals surface area contributed by atoms with E-state index in [9.17, 15) is 5.11 Å². The van der Waals surface area contributed by atoms with Crippen LogP contribution in [-0.2, 0) is 13.0 Å². The highest BCUT2D eigenvalue weighted by Crippen LogP contribution is 2.19. The lowest BCUT2D eigenvalue weighted by molar-refractivity contribution is 0.169. The van der Waals surface area contributed by atoms with Crippen LogP contribution in [0.15, 0.2) is 24.3 Å². The Balaban J connectivity index is 2.17. The van der Waals surface area contributed by atoms with E-state index < -0.39 is 6.10 Å². The molecule has 1 N–H and O–H groups in total. The number of aromatic nitrogens is 3. The monoisotopic (exact) mass is 261 g/mol. The van der Waals surface area contributed by atoms with E-state index in [0.717, 1.165) is 17.9 Å². The summed E-state index contributed by atoms with van der Waals surface area (Å²) in [6, 6.07) is 7.38. The molecule has 0 saturated heterocycles. The van der Waals surface area contributed by atoms with Crippen LogP contribution in [0.5, 0.6) is 5.88 Å². The number of methoxy groups -OCH3 is 1. The second-order valence-corrected chi connectivity index (χ2v) is 4.42. The summed E-state index contributed by atoms with van der Waals surface area (Å²) in [5.41, 5.74) is 2.58. The Hall–Kier alpha value is -1.88. The fourth-order valence-corrected chi connectivity index (χ4v) is 2.07. The number of aryl methyl sites for hydroxylation is 2. The first kappa shape index (κ1) is 13.5. The maximum atomic E-state index is 10.3. The number of nitrogens with zero attached hydrogens (tertiary/aromatic N) is 3. The molecule has 1 unspecified atom stereocenters. The molecule has 0 spiro atoms. The van der Waals surface area contributed by atoms with Gasteiger partial charge in [-0.2, -0.15) is 5.10 Å². The SMILES string of the molecule is CCn1nc(C)cc1CC(O)c1cccc(OC)n1. The van der Waals surface area contributed by atoms with E-state index in [1.807, 2.05) is 30.7 Å². The zero-order chi connectivity index (χ0) is 13.8. The maximum absolute atomic E-state index is 10.3. The Bertz CT molecular complexity index is 551. The Labute approximate surface area is 112 Å². The number of hydrogen-bond donors (Lipinski definition) is 1. The van der Waals surface area contributed by atoms with E-state index in [-0.39, 0.29) is 0 Å². The summed E-state index contributed by atoms with van der Waals surface area (Å²) in [6.45, 7) is 4.78. The van der Waals surface area contributed by atoms with E-state index in [1.165, 1.54) is 0 Å². The lowest BCUT2D eigenvalue weighted by Crippen LogP contribution is -2.09. The van der Waals surface area contributed by atoms with Gasteiger partial charge in [0.05, 0.1) is 18.5 Å². The van der Waals surface area contributed by atoms with Crippen molar-refractivity contribution in [3.63, 3.8) is 0 Å². The van der Waals surface area contributed by atoms with E-state index in [0.29, 0.717) is 18.0 Å². The Morgan fingerprint density at radius 2 is 2.21 bits per heavy atom. The third-order valence-corrected chi connectivity index (χ3v) is 2.98. The average Bonchev–Trinajstić information content (AvgIpc) is 2.78. The van der Waals surface area contributed by atoms with E-state index in [1.54, 1.807) is 19.2 Å². The Morgan fingerprint density at radius 3 is 2.89 bits per heavy atom. The molecule has 2 rings (SSSR count). The van der Waals surface area contributed by atoms with Crippen molar-refractivity contribution in [1.82, 2.24) is 14.8 Å². The van der Waals surface area contributed by atoms with E-state index >= 15 is 0 Å². The molecule has 5 heteroatoms. The molecular weight excluding hydrogens is 242 g/mol. The third-order valence-electron chi connectivity index (χ3n) is 2.98. The lowest BCUT2D eigenvalue weighted by atomic mass is 10.1. The Morgan fingerprint density at radius 1 is 1.42 bits per heavy atom. The van der Waals surface area contributed by atoms with Crippen molar-refractivity contribution in [3.05, 3.63) is 41.3 Å². The summed E-state index contributed by atoms with van der Waals surface area (Å²) in [7, 11) is 1.56. The second kappa shape index (κ2) is 5.84. The van der Waals surface area contributed by atoms with Gasteiger partial charge in [0.1, 0.15) is 6.10 Å². The summed E-state index contributed by atoms with van der Waals surface area (Å²) < 4.78 is 6.97. The molecule has 0 fully saturated rings. The predicted octanol–water partition coefficient (Wildman–Crippen LogP) is 1.89. The minimum Gasteiger partial charge on any atom is -0.481 e. The first-order valence-corrected chi connectivity index (χ1v) is 6.36. The zero-order valence-electron chi connectivity index (χ0n) is 11.5. The van der Waals surface area contributed by atoms with Crippen molar-refractivity contribution >= 4 is 0 Å². The van der Waals surface area contributed by atoms with Crippen molar-refractivity contribution in [2.75, 3.05) is 7.11 Å². The third kappa shape index (κ3) is 3.12. The van der Waals surface area contributed by atoms with Crippen molar-refractivity contribution in [2.45, 2.75) is 32.9 Å². The van der Waals surface area contributed by atoms with Crippen LogP contribution in [0, 0.1) is 6.92 Å². The van der Waals surface area contributed by atoms with Gasteiger partial charge in [-0.3, -0.25) is 4.68 Å². The molecule has 1 atom stereocenters. The molecule has 0 aromatic carbocycles. The summed E-state index contributed by atoms with van der Waals surface area (Å²) in [5, 5.41) is 14.6. The highest BCUT2D eigenvalue weighted by Gasteiger charge is 2.14. The van der Waals surface area contributed by atoms with Gasteiger partial charge in [-0.05, 0) is 26.0 Å². The van der Waals surface area contributed by atoms with Gasteiger partial charge in [0.15, 0.2) is 0 Å². The van der Waals surface area contributed by atoms with Crippen LogP contribution in [0.25, 0.3) is 0 Å². The molecule has 0 aliphatic heterocycles. The maximum Gasteiger partial charge on any atom is 0.213 e. The van der Waals surface area contributed by atoms with Gasteiger partial charge >= 0.3 is 0 Å². The molecule has 2 aromatic rings. The highest BCUT2D eigenvalue weighted by atomic mass is 16.5. The number of hydrogen-bond acceptors (Lipinski definition) is 4. The van der Waals surface area contributed by atoms with Gasteiger partial charge in [0, 0.05) is 24.7 Å². The molecule has 0 radical (unpaired) electrons. The summed E-state index contributed by atoms with van der Waals surface area (Å²) in [4.78, 5) is 4.25. The molecule has 0 bridgehead atoms. The van der Waals surface area contributed by atoms with Crippen LogP contribution in [0.4, 0.5) is 0 Å². The molecule has 102 valence electrons. The van der Waals surface area contributed by atoms with E-state index in [4.69, 9.17) is 4.74 Å². The molecule has 2 heterocycles. The van der Waals surface area contributed by atoms with Crippen molar-refractivity contribution in [2.24, 2.45) is 0 Å². The minimum atomic E-state index is -0.656. The number of ether oxygens (including phenoxy) is 1. The van der Waals surface area contributed by atoms with Crippen LogP contribution >= 0.6 is 0 Å².